The van der Waals surface area contributed by atoms with E-state index in [1.165, 1.54) is 0 Å². The van der Waals surface area contributed by atoms with Gasteiger partial charge in [0.1, 0.15) is 5.60 Å². The number of carbonyl (C=O) groups excluding carboxylic acids is 3. The van der Waals surface area contributed by atoms with E-state index in [0.717, 1.165) is 16.7 Å². The van der Waals surface area contributed by atoms with E-state index in [0.29, 0.717) is 12.8 Å². The Morgan fingerprint density at radius 1 is 0.943 bits per heavy atom. The molecule has 0 aromatic carbocycles. The molecule has 2 saturated carbocycles. The lowest BCUT2D eigenvalue weighted by Gasteiger charge is -2.68. The zero-order valence-electron chi connectivity index (χ0n) is 23.3. The highest BCUT2D eigenvalue weighted by molar-refractivity contribution is 6.21. The van der Waals surface area contributed by atoms with E-state index in [1.807, 2.05) is 53.7 Å². The fourth-order valence-corrected chi connectivity index (χ4v) is 7.13. The molecule has 5 atom stereocenters. The first-order valence-corrected chi connectivity index (χ1v) is 12.9. The summed E-state index contributed by atoms with van der Waals surface area (Å²) >= 11 is 0. The van der Waals surface area contributed by atoms with Crippen LogP contribution in [0, 0.1) is 22.7 Å². The van der Waals surface area contributed by atoms with E-state index in [4.69, 9.17) is 4.74 Å². The van der Waals surface area contributed by atoms with Gasteiger partial charge >= 0.3 is 0 Å². The molecule has 2 aliphatic carbocycles. The quantitative estimate of drug-likeness (QED) is 0.353. The van der Waals surface area contributed by atoms with Crippen molar-refractivity contribution in [3.8, 4) is 0 Å². The molecule has 4 rings (SSSR count). The summed E-state index contributed by atoms with van der Waals surface area (Å²) < 4.78 is 6.67. The molecule has 35 heavy (non-hydrogen) atoms. The highest BCUT2D eigenvalue weighted by Crippen LogP contribution is 2.75. The second-order valence-corrected chi connectivity index (χ2v) is 12.6. The minimum atomic E-state index is -1.96. The SMILES string of the molecule is CC(C)=CC[C@H]1C[C@]2(CC=C(C)C)C(=O)[C@]3(CC=C(C)C)O[C@@]1(C(=O)C(C)C)[C@@]2(O)C(C)(C)C3=O. The fourth-order valence-electron chi connectivity index (χ4n) is 7.13. The van der Waals surface area contributed by atoms with Crippen LogP contribution in [0.4, 0.5) is 0 Å². The van der Waals surface area contributed by atoms with Crippen molar-refractivity contribution in [1.29, 1.82) is 0 Å². The van der Waals surface area contributed by atoms with Crippen molar-refractivity contribution in [2.24, 2.45) is 22.7 Å². The zero-order chi connectivity index (χ0) is 26.8. The molecule has 5 heteroatoms. The van der Waals surface area contributed by atoms with Crippen LogP contribution >= 0.6 is 0 Å². The maximum Gasteiger partial charge on any atom is 0.190 e. The maximum absolute atomic E-state index is 14.5. The third-order valence-corrected chi connectivity index (χ3v) is 8.73. The van der Waals surface area contributed by atoms with Gasteiger partial charge in [0, 0.05) is 18.3 Å². The van der Waals surface area contributed by atoms with Gasteiger partial charge in [0.25, 0.3) is 0 Å². The molecule has 0 radical (unpaired) electrons. The van der Waals surface area contributed by atoms with Gasteiger partial charge in [0.05, 0.1) is 10.8 Å². The Morgan fingerprint density at radius 2 is 1.46 bits per heavy atom. The number of aliphatic hydroxyl groups is 1. The van der Waals surface area contributed by atoms with Gasteiger partial charge in [-0.25, -0.2) is 0 Å². The van der Waals surface area contributed by atoms with Crippen molar-refractivity contribution in [3.63, 3.8) is 0 Å². The molecule has 194 valence electrons. The Hall–Kier alpha value is -1.85. The number of ether oxygens (including phenoxy) is 1. The molecule has 0 aromatic rings. The monoisotopic (exact) mass is 484 g/mol. The van der Waals surface area contributed by atoms with Crippen LogP contribution in [0.15, 0.2) is 34.9 Å². The van der Waals surface area contributed by atoms with E-state index in [2.05, 4.69) is 6.08 Å². The van der Waals surface area contributed by atoms with E-state index in [-0.39, 0.29) is 24.4 Å². The molecule has 4 fully saturated rings. The Balaban J connectivity index is 2.47. The average Bonchev–Trinajstić information content (AvgIpc) is 2.92. The molecule has 2 aliphatic heterocycles. The fraction of sp³-hybridized carbons (Fsp3) is 0.700. The zero-order valence-corrected chi connectivity index (χ0v) is 23.3. The van der Waals surface area contributed by atoms with Crippen LogP contribution in [0.3, 0.4) is 0 Å². The Kier molecular flexibility index (Phi) is 6.83. The molecular formula is C30H44O5. The minimum absolute atomic E-state index is 0.0750. The lowest BCUT2D eigenvalue weighted by molar-refractivity contribution is -0.319. The van der Waals surface area contributed by atoms with Crippen molar-refractivity contribution in [2.45, 2.75) is 112 Å². The molecule has 4 aliphatic rings. The van der Waals surface area contributed by atoms with Gasteiger partial charge in [-0.15, -0.1) is 0 Å². The van der Waals surface area contributed by atoms with E-state index < -0.39 is 45.3 Å². The highest BCUT2D eigenvalue weighted by atomic mass is 16.6. The summed E-state index contributed by atoms with van der Waals surface area (Å²) in [5.41, 5.74) is -4.96. The number of carbonyl (C=O) groups is 3. The van der Waals surface area contributed by atoms with Crippen molar-refractivity contribution < 1.29 is 24.2 Å². The normalized spacial score (nSPS) is 36.9. The molecule has 1 N–H and O–H groups in total. The molecule has 0 aromatic heterocycles. The number of rotatable bonds is 8. The van der Waals surface area contributed by atoms with Crippen LogP contribution in [0.1, 0.15) is 94.9 Å². The summed E-state index contributed by atoms with van der Waals surface area (Å²) in [6, 6.07) is 0. The Bertz CT molecular complexity index is 1030. The predicted octanol–water partition coefficient (Wildman–Crippen LogP) is 5.70. The third-order valence-electron chi connectivity index (χ3n) is 8.73. The van der Waals surface area contributed by atoms with Crippen LogP contribution in [0.25, 0.3) is 0 Å². The summed E-state index contributed by atoms with van der Waals surface area (Å²) in [7, 11) is 0. The van der Waals surface area contributed by atoms with Gasteiger partial charge in [0.2, 0.25) is 0 Å². The van der Waals surface area contributed by atoms with Crippen LogP contribution in [0.2, 0.25) is 0 Å². The smallest absolute Gasteiger partial charge is 0.190 e. The lowest BCUT2D eigenvalue weighted by Crippen LogP contribution is -2.88. The van der Waals surface area contributed by atoms with Crippen LogP contribution < -0.4 is 0 Å². The lowest BCUT2D eigenvalue weighted by atomic mass is 9.42. The maximum atomic E-state index is 14.5. The molecule has 5 nitrogen and oxygen atoms in total. The summed E-state index contributed by atoms with van der Waals surface area (Å²) in [6.07, 6.45) is 7.04. The van der Waals surface area contributed by atoms with Gasteiger partial charge in [-0.3, -0.25) is 14.4 Å². The standard InChI is InChI=1S/C30H44O5/c1-18(2)11-12-22-17-27(15-13-19(3)4)25(33)28(16-14-20(5)6)24(32)26(9,10)30(27,34)29(22,35-28)23(31)21(7)8/h11,13-14,21-22,34H,12,15-17H2,1-10H3/t22-,27+,28+,29-,30+/m0/s1. The van der Waals surface area contributed by atoms with Crippen molar-refractivity contribution >= 4 is 17.3 Å². The number of fused-ring (bicyclic) bond motifs is 1. The number of hydrogen-bond acceptors (Lipinski definition) is 5. The second-order valence-electron chi connectivity index (χ2n) is 12.6. The largest absolute Gasteiger partial charge is 0.384 e. The molecular weight excluding hydrogens is 440 g/mol. The van der Waals surface area contributed by atoms with Crippen LogP contribution in [0.5, 0.6) is 0 Å². The van der Waals surface area contributed by atoms with Gasteiger partial charge in [-0.2, -0.15) is 0 Å². The molecule has 2 heterocycles. The van der Waals surface area contributed by atoms with Gasteiger partial charge in [0.15, 0.2) is 28.6 Å². The number of Topliss-reactive ketones (excluding diaryl/α,β-unsaturated/α-hetero) is 3. The van der Waals surface area contributed by atoms with E-state index in [1.54, 1.807) is 27.7 Å². The predicted molar refractivity (Wildman–Crippen MR) is 138 cm³/mol. The number of allylic oxidation sites excluding steroid dienone is 5. The first kappa shape index (κ1) is 27.7. The van der Waals surface area contributed by atoms with Crippen LogP contribution in [-0.2, 0) is 19.1 Å². The summed E-state index contributed by atoms with van der Waals surface area (Å²) in [5, 5.41) is 12.9. The first-order chi connectivity index (χ1) is 16.0. The second kappa shape index (κ2) is 8.62. The number of hydrogen-bond donors (Lipinski definition) is 1. The topological polar surface area (TPSA) is 80.7 Å². The Labute approximate surface area is 211 Å². The molecule has 2 saturated heterocycles. The molecule has 0 amide bonds. The van der Waals surface area contributed by atoms with Gasteiger partial charge in [-0.1, -0.05) is 48.8 Å². The highest BCUT2D eigenvalue weighted by Gasteiger charge is 2.92. The molecule has 0 unspecified atom stereocenters. The summed E-state index contributed by atoms with van der Waals surface area (Å²) in [5.74, 6) is -1.86. The van der Waals surface area contributed by atoms with Gasteiger partial charge in [-0.05, 0) is 74.7 Å². The van der Waals surface area contributed by atoms with Crippen molar-refractivity contribution in [2.75, 3.05) is 0 Å². The first-order valence-electron chi connectivity index (χ1n) is 12.9. The third kappa shape index (κ3) is 3.37. The van der Waals surface area contributed by atoms with E-state index >= 15 is 0 Å². The van der Waals surface area contributed by atoms with Crippen molar-refractivity contribution in [3.05, 3.63) is 34.9 Å². The molecule has 0 spiro atoms. The summed E-state index contributed by atoms with van der Waals surface area (Å²) in [4.78, 5) is 42.9. The average molecular weight is 485 g/mol. The van der Waals surface area contributed by atoms with Gasteiger partial charge < -0.3 is 9.84 Å². The summed E-state index contributed by atoms with van der Waals surface area (Å²) in [6.45, 7) is 18.8. The van der Waals surface area contributed by atoms with Crippen molar-refractivity contribution in [1.82, 2.24) is 0 Å². The van der Waals surface area contributed by atoms with Crippen LogP contribution in [-0.4, -0.2) is 39.3 Å². The Morgan fingerprint density at radius 3 is 1.94 bits per heavy atom. The minimum Gasteiger partial charge on any atom is -0.384 e. The number of ketones is 3. The molecule has 4 bridgehead atoms. The van der Waals surface area contributed by atoms with E-state index in [9.17, 15) is 19.5 Å².